The molecule has 0 aromatic heterocycles. The fourth-order valence-corrected chi connectivity index (χ4v) is 3.82. The SMILES string of the molecule is CC[C@@H](C)Oc1ccc(/C=C2\C(=O)NC(=S)N(c3cccc(Cl)c3C)C2=O)cc1Br. The van der Waals surface area contributed by atoms with Crippen molar-refractivity contribution in [3.63, 3.8) is 0 Å². The van der Waals surface area contributed by atoms with Gasteiger partial charge in [0.05, 0.1) is 16.3 Å². The second kappa shape index (κ2) is 9.29. The molecule has 0 unspecified atom stereocenters. The van der Waals surface area contributed by atoms with Crippen LogP contribution >= 0.6 is 39.7 Å². The van der Waals surface area contributed by atoms with E-state index in [-0.39, 0.29) is 16.8 Å². The summed E-state index contributed by atoms with van der Waals surface area (Å²) in [5.41, 5.74) is 1.87. The number of anilines is 1. The van der Waals surface area contributed by atoms with Gasteiger partial charge in [-0.25, -0.2) is 0 Å². The zero-order chi connectivity index (χ0) is 22.0. The van der Waals surface area contributed by atoms with Crippen molar-refractivity contribution in [1.82, 2.24) is 5.32 Å². The lowest BCUT2D eigenvalue weighted by Gasteiger charge is -2.30. The number of nitrogens with zero attached hydrogens (tertiary/aromatic N) is 1. The number of hydrogen-bond acceptors (Lipinski definition) is 4. The summed E-state index contributed by atoms with van der Waals surface area (Å²) < 4.78 is 6.58. The van der Waals surface area contributed by atoms with Crippen molar-refractivity contribution in [2.75, 3.05) is 4.90 Å². The van der Waals surface area contributed by atoms with E-state index in [2.05, 4.69) is 21.2 Å². The molecule has 0 spiro atoms. The molecule has 1 aliphatic heterocycles. The highest BCUT2D eigenvalue weighted by atomic mass is 79.9. The minimum atomic E-state index is -0.544. The molecular weight excluding hydrogens is 488 g/mol. The van der Waals surface area contributed by atoms with Crippen LogP contribution in [0, 0.1) is 6.92 Å². The Morgan fingerprint density at radius 1 is 1.30 bits per heavy atom. The highest BCUT2D eigenvalue weighted by molar-refractivity contribution is 9.10. The molecule has 0 bridgehead atoms. The quantitative estimate of drug-likeness (QED) is 0.334. The normalized spacial score (nSPS) is 16.6. The van der Waals surface area contributed by atoms with Crippen LogP contribution in [0.3, 0.4) is 0 Å². The second-order valence-corrected chi connectivity index (χ2v) is 8.52. The molecule has 0 radical (unpaired) electrons. The molecule has 1 heterocycles. The van der Waals surface area contributed by atoms with E-state index < -0.39 is 11.8 Å². The van der Waals surface area contributed by atoms with Crippen LogP contribution in [0.2, 0.25) is 5.02 Å². The number of benzene rings is 2. The standard InChI is InChI=1S/C22H20BrClN2O3S/c1-4-12(2)29-19-9-8-14(11-16(19)23)10-15-20(27)25-22(30)26(21(15)28)18-7-5-6-17(24)13(18)3/h5-12H,4H2,1-3H3,(H,25,27,30)/b15-10+/t12-/m1/s1. The maximum Gasteiger partial charge on any atom is 0.270 e. The number of halogens is 2. The number of carbonyl (C=O) groups excluding carboxylic acids is 2. The summed E-state index contributed by atoms with van der Waals surface area (Å²) >= 11 is 14.9. The average Bonchev–Trinajstić information content (AvgIpc) is 2.70. The van der Waals surface area contributed by atoms with Gasteiger partial charge in [0.25, 0.3) is 11.8 Å². The third-order valence-corrected chi connectivity index (χ3v) is 6.07. The van der Waals surface area contributed by atoms with Crippen LogP contribution in [-0.4, -0.2) is 23.0 Å². The Kier molecular flexibility index (Phi) is 6.95. The molecule has 30 heavy (non-hydrogen) atoms. The number of hydrogen-bond donors (Lipinski definition) is 1. The van der Waals surface area contributed by atoms with Crippen molar-refractivity contribution in [2.24, 2.45) is 0 Å². The first-order valence-corrected chi connectivity index (χ1v) is 10.9. The van der Waals surface area contributed by atoms with Crippen molar-refractivity contribution in [3.05, 3.63) is 62.6 Å². The Balaban J connectivity index is 1.97. The molecule has 2 aromatic rings. The van der Waals surface area contributed by atoms with Gasteiger partial charge >= 0.3 is 0 Å². The first-order valence-electron chi connectivity index (χ1n) is 9.35. The molecule has 1 aliphatic rings. The summed E-state index contributed by atoms with van der Waals surface area (Å²) in [6.07, 6.45) is 2.49. The van der Waals surface area contributed by atoms with E-state index in [4.69, 9.17) is 28.6 Å². The smallest absolute Gasteiger partial charge is 0.270 e. The predicted octanol–water partition coefficient (Wildman–Crippen LogP) is 5.42. The van der Waals surface area contributed by atoms with Crippen molar-refractivity contribution in [3.8, 4) is 5.75 Å². The summed E-state index contributed by atoms with van der Waals surface area (Å²) in [5.74, 6) is -0.356. The number of nitrogens with one attached hydrogen (secondary N) is 1. The third kappa shape index (κ3) is 4.58. The Morgan fingerprint density at radius 2 is 2.03 bits per heavy atom. The zero-order valence-electron chi connectivity index (χ0n) is 16.7. The van der Waals surface area contributed by atoms with E-state index in [1.165, 1.54) is 11.0 Å². The van der Waals surface area contributed by atoms with Gasteiger partial charge < -0.3 is 4.74 Å². The largest absolute Gasteiger partial charge is 0.490 e. The molecule has 1 N–H and O–H groups in total. The van der Waals surface area contributed by atoms with Crippen LogP contribution in [0.15, 0.2) is 46.4 Å². The van der Waals surface area contributed by atoms with Gasteiger partial charge in [-0.3, -0.25) is 19.8 Å². The minimum absolute atomic E-state index is 0.0194. The topological polar surface area (TPSA) is 58.6 Å². The molecule has 5 nitrogen and oxygen atoms in total. The summed E-state index contributed by atoms with van der Waals surface area (Å²) in [7, 11) is 0. The number of carbonyl (C=O) groups is 2. The Morgan fingerprint density at radius 3 is 2.70 bits per heavy atom. The maximum atomic E-state index is 13.2. The monoisotopic (exact) mass is 506 g/mol. The van der Waals surface area contributed by atoms with Gasteiger partial charge in [0.1, 0.15) is 11.3 Å². The van der Waals surface area contributed by atoms with Crippen LogP contribution < -0.4 is 15.0 Å². The molecule has 2 amide bonds. The fourth-order valence-electron chi connectivity index (χ4n) is 2.88. The highest BCUT2D eigenvalue weighted by Gasteiger charge is 2.35. The van der Waals surface area contributed by atoms with E-state index in [0.717, 1.165) is 10.9 Å². The molecular formula is C22H20BrClN2O3S. The molecule has 156 valence electrons. The number of ether oxygens (including phenoxy) is 1. The summed E-state index contributed by atoms with van der Waals surface area (Å²) in [6.45, 7) is 5.83. The second-order valence-electron chi connectivity index (χ2n) is 6.87. The lowest BCUT2D eigenvalue weighted by atomic mass is 10.1. The van der Waals surface area contributed by atoms with Gasteiger partial charge in [0.2, 0.25) is 0 Å². The minimum Gasteiger partial charge on any atom is -0.490 e. The van der Waals surface area contributed by atoms with E-state index >= 15 is 0 Å². The van der Waals surface area contributed by atoms with Crippen LogP contribution in [0.5, 0.6) is 5.75 Å². The van der Waals surface area contributed by atoms with Gasteiger partial charge in [-0.15, -0.1) is 0 Å². The van der Waals surface area contributed by atoms with Crippen LogP contribution in [0.1, 0.15) is 31.4 Å². The Labute approximate surface area is 194 Å². The molecule has 3 rings (SSSR count). The number of rotatable bonds is 5. The van der Waals surface area contributed by atoms with Crippen LogP contribution in [0.4, 0.5) is 5.69 Å². The lowest BCUT2D eigenvalue weighted by Crippen LogP contribution is -2.54. The maximum absolute atomic E-state index is 13.2. The third-order valence-electron chi connectivity index (χ3n) is 4.75. The first kappa shape index (κ1) is 22.5. The van der Waals surface area contributed by atoms with Crippen molar-refractivity contribution < 1.29 is 14.3 Å². The van der Waals surface area contributed by atoms with E-state index in [1.807, 2.05) is 13.8 Å². The number of thiocarbonyl (C=S) groups is 1. The van der Waals surface area contributed by atoms with Gasteiger partial charge in [0, 0.05) is 5.02 Å². The molecule has 1 atom stereocenters. The summed E-state index contributed by atoms with van der Waals surface area (Å²) in [5, 5.41) is 3.11. The molecule has 1 fully saturated rings. The zero-order valence-corrected chi connectivity index (χ0v) is 19.8. The summed E-state index contributed by atoms with van der Waals surface area (Å²) in [4.78, 5) is 27.0. The predicted molar refractivity (Wildman–Crippen MR) is 127 cm³/mol. The van der Waals surface area contributed by atoms with Gasteiger partial charge in [-0.05, 0) is 89.9 Å². The molecule has 0 aliphatic carbocycles. The average molecular weight is 508 g/mol. The first-order chi connectivity index (χ1) is 14.2. The summed E-state index contributed by atoms with van der Waals surface area (Å²) in [6, 6.07) is 10.6. The van der Waals surface area contributed by atoms with Gasteiger partial charge in [-0.1, -0.05) is 30.7 Å². The molecule has 0 saturated carbocycles. The van der Waals surface area contributed by atoms with Gasteiger partial charge in [0.15, 0.2) is 5.11 Å². The van der Waals surface area contributed by atoms with Crippen molar-refractivity contribution >= 4 is 68.4 Å². The van der Waals surface area contributed by atoms with Crippen LogP contribution in [0.25, 0.3) is 6.08 Å². The van der Waals surface area contributed by atoms with Crippen molar-refractivity contribution in [2.45, 2.75) is 33.3 Å². The lowest BCUT2D eigenvalue weighted by molar-refractivity contribution is -0.122. The highest BCUT2D eigenvalue weighted by Crippen LogP contribution is 2.31. The van der Waals surface area contributed by atoms with E-state index in [9.17, 15) is 9.59 Å². The Bertz CT molecular complexity index is 1070. The molecule has 2 aromatic carbocycles. The van der Waals surface area contributed by atoms with E-state index in [0.29, 0.717) is 27.6 Å². The van der Waals surface area contributed by atoms with Gasteiger partial charge in [-0.2, -0.15) is 0 Å². The molecule has 1 saturated heterocycles. The Hall–Kier alpha value is -2.22. The van der Waals surface area contributed by atoms with Crippen molar-refractivity contribution in [1.29, 1.82) is 0 Å². The molecule has 8 heteroatoms. The fraction of sp³-hybridized carbons (Fsp3) is 0.227. The van der Waals surface area contributed by atoms with E-state index in [1.54, 1.807) is 43.3 Å². The number of amides is 2. The van der Waals surface area contributed by atoms with Crippen LogP contribution in [-0.2, 0) is 9.59 Å².